The second-order valence-electron chi connectivity index (χ2n) is 8.72. The van der Waals surface area contributed by atoms with E-state index in [4.69, 9.17) is 14.2 Å². The summed E-state index contributed by atoms with van der Waals surface area (Å²) >= 11 is 0. The highest BCUT2D eigenvalue weighted by atomic mass is 19.4. The molecule has 0 aromatic heterocycles. The molecule has 2 aliphatic heterocycles. The summed E-state index contributed by atoms with van der Waals surface area (Å²) < 4.78 is 55.3. The molecule has 4 rings (SSSR count). The SMILES string of the molecule is CC(C)c1ccc(NC(=O)NC2COC3C(OC(=O)Nc4cccc(C(F)(F)F)c4)COC23)cc1. The largest absolute Gasteiger partial charge is 0.441 e. The van der Waals surface area contributed by atoms with Crippen molar-refractivity contribution in [1.29, 1.82) is 0 Å². The van der Waals surface area contributed by atoms with Gasteiger partial charge in [-0.3, -0.25) is 5.32 Å². The Balaban J connectivity index is 1.27. The molecule has 4 atom stereocenters. The summed E-state index contributed by atoms with van der Waals surface area (Å²) in [5.74, 6) is 0.382. The van der Waals surface area contributed by atoms with Crippen LogP contribution in [0.5, 0.6) is 0 Å². The van der Waals surface area contributed by atoms with Crippen molar-refractivity contribution in [2.45, 2.75) is 50.3 Å². The van der Waals surface area contributed by atoms with Gasteiger partial charge in [0.25, 0.3) is 0 Å². The predicted molar refractivity (Wildman–Crippen MR) is 121 cm³/mol. The highest BCUT2D eigenvalue weighted by Crippen LogP contribution is 2.32. The lowest BCUT2D eigenvalue weighted by molar-refractivity contribution is -0.137. The number of benzene rings is 2. The maximum absolute atomic E-state index is 12.9. The minimum absolute atomic E-state index is 0.0296. The Morgan fingerprint density at radius 1 is 0.971 bits per heavy atom. The molecule has 0 bridgehead atoms. The Labute approximate surface area is 200 Å². The molecule has 188 valence electrons. The number of amides is 3. The Morgan fingerprint density at radius 2 is 1.69 bits per heavy atom. The van der Waals surface area contributed by atoms with Gasteiger partial charge in [-0.25, -0.2) is 9.59 Å². The van der Waals surface area contributed by atoms with Crippen LogP contribution in [0.15, 0.2) is 48.5 Å². The molecule has 2 fully saturated rings. The lowest BCUT2D eigenvalue weighted by atomic mass is 10.0. The molecule has 2 saturated heterocycles. The molecule has 8 nitrogen and oxygen atoms in total. The van der Waals surface area contributed by atoms with E-state index in [-0.39, 0.29) is 18.9 Å². The number of carbonyl (C=O) groups is 2. The molecule has 35 heavy (non-hydrogen) atoms. The number of hydrogen-bond donors (Lipinski definition) is 3. The zero-order valence-electron chi connectivity index (χ0n) is 19.1. The van der Waals surface area contributed by atoms with Crippen LogP contribution in [0, 0.1) is 0 Å². The summed E-state index contributed by atoms with van der Waals surface area (Å²) in [7, 11) is 0. The third-order valence-electron chi connectivity index (χ3n) is 5.85. The van der Waals surface area contributed by atoms with E-state index in [1.54, 1.807) is 0 Å². The van der Waals surface area contributed by atoms with Crippen LogP contribution in [0.25, 0.3) is 0 Å². The van der Waals surface area contributed by atoms with Crippen LogP contribution in [-0.4, -0.2) is 49.7 Å². The Hall–Kier alpha value is -3.31. The Kier molecular flexibility index (Phi) is 7.18. The van der Waals surface area contributed by atoms with Crippen molar-refractivity contribution in [2.75, 3.05) is 23.8 Å². The molecule has 4 unspecified atom stereocenters. The van der Waals surface area contributed by atoms with Gasteiger partial charge in [-0.15, -0.1) is 0 Å². The van der Waals surface area contributed by atoms with Crippen LogP contribution in [0.1, 0.15) is 30.9 Å². The minimum atomic E-state index is -4.53. The van der Waals surface area contributed by atoms with Crippen molar-refractivity contribution in [3.05, 3.63) is 59.7 Å². The van der Waals surface area contributed by atoms with E-state index in [1.165, 1.54) is 12.1 Å². The molecule has 11 heteroatoms. The average Bonchev–Trinajstić information content (AvgIpc) is 3.37. The molecular weight excluding hydrogens is 467 g/mol. The van der Waals surface area contributed by atoms with E-state index >= 15 is 0 Å². The number of carbonyl (C=O) groups excluding carboxylic acids is 2. The van der Waals surface area contributed by atoms with Crippen molar-refractivity contribution in [1.82, 2.24) is 5.32 Å². The number of rotatable bonds is 5. The van der Waals surface area contributed by atoms with Gasteiger partial charge in [0.05, 0.1) is 24.8 Å². The van der Waals surface area contributed by atoms with Gasteiger partial charge in [-0.1, -0.05) is 32.0 Å². The van der Waals surface area contributed by atoms with E-state index in [9.17, 15) is 22.8 Å². The van der Waals surface area contributed by atoms with Gasteiger partial charge in [0.15, 0.2) is 6.10 Å². The number of anilines is 2. The van der Waals surface area contributed by atoms with Gasteiger partial charge < -0.3 is 24.8 Å². The van der Waals surface area contributed by atoms with Gasteiger partial charge in [-0.2, -0.15) is 13.2 Å². The zero-order chi connectivity index (χ0) is 25.2. The van der Waals surface area contributed by atoms with Crippen molar-refractivity contribution < 1.29 is 37.0 Å². The molecule has 0 aliphatic carbocycles. The van der Waals surface area contributed by atoms with Crippen LogP contribution in [0.2, 0.25) is 0 Å². The van der Waals surface area contributed by atoms with E-state index in [0.29, 0.717) is 11.6 Å². The molecule has 3 amide bonds. The normalized spacial score (nSPS) is 23.6. The summed E-state index contributed by atoms with van der Waals surface area (Å²) in [4.78, 5) is 24.7. The fraction of sp³-hybridized carbons (Fsp3) is 0.417. The summed E-state index contributed by atoms with van der Waals surface area (Å²) in [6.07, 6.45) is -7.38. The third kappa shape index (κ3) is 6.04. The van der Waals surface area contributed by atoms with Gasteiger partial charge in [0, 0.05) is 11.4 Å². The van der Waals surface area contributed by atoms with Crippen LogP contribution >= 0.6 is 0 Å². The van der Waals surface area contributed by atoms with Gasteiger partial charge in [0.2, 0.25) is 0 Å². The van der Waals surface area contributed by atoms with Gasteiger partial charge in [-0.05, 0) is 41.8 Å². The second kappa shape index (κ2) is 10.1. The maximum Gasteiger partial charge on any atom is 0.416 e. The molecule has 0 saturated carbocycles. The topological polar surface area (TPSA) is 97.9 Å². The molecule has 2 heterocycles. The molecule has 2 aromatic rings. The van der Waals surface area contributed by atoms with Crippen molar-refractivity contribution >= 4 is 23.5 Å². The predicted octanol–water partition coefficient (Wildman–Crippen LogP) is 4.73. The first-order valence-corrected chi connectivity index (χ1v) is 11.2. The number of nitrogens with one attached hydrogen (secondary N) is 3. The monoisotopic (exact) mass is 493 g/mol. The van der Waals surface area contributed by atoms with E-state index in [0.717, 1.165) is 17.7 Å². The first kappa shape index (κ1) is 24.8. The van der Waals surface area contributed by atoms with E-state index in [1.807, 2.05) is 24.3 Å². The fourth-order valence-corrected chi connectivity index (χ4v) is 4.03. The smallest absolute Gasteiger partial charge is 0.416 e. The molecule has 2 aliphatic rings. The number of fused-ring (bicyclic) bond motifs is 1. The third-order valence-corrected chi connectivity index (χ3v) is 5.85. The highest BCUT2D eigenvalue weighted by Gasteiger charge is 2.50. The molecule has 0 radical (unpaired) electrons. The molecule has 3 N–H and O–H groups in total. The Bertz CT molecular complexity index is 1060. The summed E-state index contributed by atoms with van der Waals surface area (Å²) in [6, 6.07) is 10.9. The van der Waals surface area contributed by atoms with Crippen molar-refractivity contribution in [2.24, 2.45) is 0 Å². The number of halogens is 3. The fourth-order valence-electron chi connectivity index (χ4n) is 4.03. The molecular formula is C24H26F3N3O5. The standard InChI is InChI=1S/C24H26F3N3O5/c1-13(2)14-6-8-16(9-7-14)28-22(31)30-18-11-33-21-19(12-34-20(18)21)35-23(32)29-17-5-3-4-15(10-17)24(25,26)27/h3-10,13,18-21H,11-12H2,1-2H3,(H,29,32)(H2,28,30,31). The number of urea groups is 1. The second-order valence-corrected chi connectivity index (χ2v) is 8.72. The number of alkyl halides is 3. The summed E-state index contributed by atoms with van der Waals surface area (Å²) in [5.41, 5.74) is 0.861. The quantitative estimate of drug-likeness (QED) is 0.559. The van der Waals surface area contributed by atoms with Crippen LogP contribution in [-0.2, 0) is 20.4 Å². The lowest BCUT2D eigenvalue weighted by Crippen LogP contribution is -2.46. The van der Waals surface area contributed by atoms with Crippen LogP contribution in [0.4, 0.5) is 34.1 Å². The maximum atomic E-state index is 12.9. The lowest BCUT2D eigenvalue weighted by Gasteiger charge is -2.18. The van der Waals surface area contributed by atoms with Gasteiger partial charge >= 0.3 is 18.3 Å². The van der Waals surface area contributed by atoms with Crippen molar-refractivity contribution in [3.63, 3.8) is 0 Å². The van der Waals surface area contributed by atoms with Crippen LogP contribution < -0.4 is 16.0 Å². The van der Waals surface area contributed by atoms with E-state index < -0.39 is 48.2 Å². The summed E-state index contributed by atoms with van der Waals surface area (Å²) in [5, 5.41) is 7.86. The number of hydrogen-bond acceptors (Lipinski definition) is 5. The minimum Gasteiger partial charge on any atom is -0.441 e. The number of ether oxygens (including phenoxy) is 3. The first-order chi connectivity index (χ1) is 16.6. The van der Waals surface area contributed by atoms with E-state index in [2.05, 4.69) is 29.8 Å². The zero-order valence-corrected chi connectivity index (χ0v) is 19.1. The van der Waals surface area contributed by atoms with Gasteiger partial charge in [0.1, 0.15) is 12.2 Å². The highest BCUT2D eigenvalue weighted by molar-refractivity contribution is 5.89. The molecule has 2 aromatic carbocycles. The van der Waals surface area contributed by atoms with Crippen LogP contribution in [0.3, 0.4) is 0 Å². The first-order valence-electron chi connectivity index (χ1n) is 11.2. The summed E-state index contributed by atoms with van der Waals surface area (Å²) in [6.45, 7) is 4.35. The molecule has 0 spiro atoms. The Morgan fingerprint density at radius 3 is 2.37 bits per heavy atom. The average molecular weight is 493 g/mol. The van der Waals surface area contributed by atoms with Crippen molar-refractivity contribution in [3.8, 4) is 0 Å².